The summed E-state index contributed by atoms with van der Waals surface area (Å²) in [5.41, 5.74) is 2.13. The highest BCUT2D eigenvalue weighted by Crippen LogP contribution is 2.24. The molecule has 4 rings (SSSR count). The first-order valence-electron chi connectivity index (χ1n) is 9.67. The number of piperazine rings is 1. The number of aromatic nitrogens is 1. The monoisotopic (exact) mass is 410 g/mol. The second-order valence-corrected chi connectivity index (χ2v) is 7.94. The summed E-state index contributed by atoms with van der Waals surface area (Å²) in [7, 11) is 0. The van der Waals surface area contributed by atoms with Gasteiger partial charge >= 0.3 is 0 Å². The highest BCUT2D eigenvalue weighted by Gasteiger charge is 2.26. The van der Waals surface area contributed by atoms with E-state index in [2.05, 4.69) is 26.2 Å². The topological polar surface area (TPSA) is 48.5 Å². The van der Waals surface area contributed by atoms with Crippen LogP contribution in [-0.4, -0.2) is 48.5 Å². The molecule has 0 radical (unpaired) electrons. The van der Waals surface area contributed by atoms with E-state index in [1.54, 1.807) is 6.20 Å². The fourth-order valence-electron chi connectivity index (χ4n) is 3.66. The molecule has 1 aromatic carbocycles. The molecule has 0 saturated carbocycles. The number of carbonyl (C=O) groups excluding carboxylic acids is 1. The van der Waals surface area contributed by atoms with E-state index in [1.165, 1.54) is 23.5 Å². The Labute approximate surface area is 173 Å². The number of thiophene rings is 1. The summed E-state index contributed by atoms with van der Waals surface area (Å²) in [5.74, 6) is -0.260. The van der Waals surface area contributed by atoms with E-state index in [0.29, 0.717) is 6.54 Å². The Kier molecular flexibility index (Phi) is 6.17. The molecule has 1 fully saturated rings. The van der Waals surface area contributed by atoms with Crippen LogP contribution in [0.2, 0.25) is 0 Å². The van der Waals surface area contributed by atoms with Gasteiger partial charge in [-0.05, 0) is 47.3 Å². The molecule has 0 spiro atoms. The van der Waals surface area contributed by atoms with Crippen LogP contribution in [0.3, 0.4) is 0 Å². The molecule has 1 aliphatic heterocycles. The molecule has 5 nitrogen and oxygen atoms in total. The Bertz CT molecular complexity index is 910. The van der Waals surface area contributed by atoms with E-state index >= 15 is 0 Å². The van der Waals surface area contributed by atoms with Crippen LogP contribution in [-0.2, 0) is 0 Å². The van der Waals surface area contributed by atoms with E-state index < -0.39 is 0 Å². The largest absolute Gasteiger partial charge is 0.369 e. The number of anilines is 1. The van der Waals surface area contributed by atoms with E-state index in [9.17, 15) is 9.18 Å². The first-order chi connectivity index (χ1) is 14.2. The van der Waals surface area contributed by atoms with Crippen LogP contribution in [0.15, 0.2) is 66.3 Å². The fraction of sp³-hybridized carbons (Fsp3) is 0.273. The lowest BCUT2D eigenvalue weighted by Gasteiger charge is -2.40. The first-order valence-corrected chi connectivity index (χ1v) is 10.5. The maximum Gasteiger partial charge on any atom is 0.261 e. The van der Waals surface area contributed by atoms with Gasteiger partial charge in [0.25, 0.3) is 5.91 Å². The summed E-state index contributed by atoms with van der Waals surface area (Å²) in [4.78, 5) is 22.0. The van der Waals surface area contributed by atoms with Gasteiger partial charge in [-0.25, -0.2) is 4.39 Å². The molecule has 2 aromatic heterocycles. The Hall–Kier alpha value is -2.77. The van der Waals surface area contributed by atoms with Crippen molar-refractivity contribution in [3.05, 3.63) is 82.6 Å². The fourth-order valence-corrected chi connectivity index (χ4v) is 4.30. The molecule has 3 heterocycles. The molecule has 0 unspecified atom stereocenters. The number of pyridine rings is 1. The maximum absolute atomic E-state index is 13.2. The Morgan fingerprint density at radius 2 is 1.90 bits per heavy atom. The number of amides is 1. The van der Waals surface area contributed by atoms with Gasteiger partial charge in [-0.1, -0.05) is 12.1 Å². The van der Waals surface area contributed by atoms with Gasteiger partial charge in [-0.3, -0.25) is 14.7 Å². The van der Waals surface area contributed by atoms with Gasteiger partial charge < -0.3 is 10.2 Å². The Morgan fingerprint density at radius 3 is 2.55 bits per heavy atom. The minimum Gasteiger partial charge on any atom is -0.369 e. The summed E-state index contributed by atoms with van der Waals surface area (Å²) in [6.07, 6.45) is 3.63. The average Bonchev–Trinajstić information content (AvgIpc) is 3.31. The number of benzene rings is 1. The van der Waals surface area contributed by atoms with E-state index in [4.69, 9.17) is 0 Å². The van der Waals surface area contributed by atoms with Gasteiger partial charge in [0.05, 0.1) is 10.9 Å². The first kappa shape index (κ1) is 19.5. The van der Waals surface area contributed by atoms with Crippen molar-refractivity contribution in [1.82, 2.24) is 15.2 Å². The second-order valence-electron chi connectivity index (χ2n) is 6.99. The minimum atomic E-state index is -0.217. The third kappa shape index (κ3) is 4.81. The van der Waals surface area contributed by atoms with E-state index in [0.717, 1.165) is 42.3 Å². The zero-order chi connectivity index (χ0) is 20.1. The van der Waals surface area contributed by atoms with Crippen molar-refractivity contribution < 1.29 is 9.18 Å². The molecule has 1 amide bonds. The van der Waals surface area contributed by atoms with Gasteiger partial charge in [-0.2, -0.15) is 0 Å². The molecule has 1 atom stereocenters. The van der Waals surface area contributed by atoms with E-state index in [1.807, 2.05) is 41.9 Å². The zero-order valence-electron chi connectivity index (χ0n) is 16.0. The summed E-state index contributed by atoms with van der Waals surface area (Å²) in [6, 6.07) is 14.4. The van der Waals surface area contributed by atoms with Crippen LogP contribution in [0.4, 0.5) is 10.1 Å². The molecule has 0 aliphatic carbocycles. The molecular weight excluding hydrogens is 387 g/mol. The molecule has 1 saturated heterocycles. The van der Waals surface area contributed by atoms with Crippen LogP contribution in [0, 0.1) is 5.82 Å². The molecule has 0 bridgehead atoms. The quantitative estimate of drug-likeness (QED) is 0.675. The van der Waals surface area contributed by atoms with Gasteiger partial charge in [0.2, 0.25) is 0 Å². The molecule has 1 aliphatic rings. The highest BCUT2D eigenvalue weighted by atomic mass is 32.1. The number of hydrogen-bond acceptors (Lipinski definition) is 5. The highest BCUT2D eigenvalue weighted by molar-refractivity contribution is 7.12. The Morgan fingerprint density at radius 1 is 1.10 bits per heavy atom. The number of halogens is 1. The summed E-state index contributed by atoms with van der Waals surface area (Å²) < 4.78 is 13.2. The predicted molar refractivity (Wildman–Crippen MR) is 114 cm³/mol. The van der Waals surface area contributed by atoms with Crippen LogP contribution in [0.1, 0.15) is 21.3 Å². The Balaban J connectivity index is 1.43. The maximum atomic E-state index is 13.2. The normalized spacial score (nSPS) is 15.8. The zero-order valence-corrected chi connectivity index (χ0v) is 16.8. The lowest BCUT2D eigenvalue weighted by Crippen LogP contribution is -2.50. The molecule has 7 heteroatoms. The number of rotatable bonds is 6. The predicted octanol–water partition coefficient (Wildman–Crippen LogP) is 3.58. The summed E-state index contributed by atoms with van der Waals surface area (Å²) in [5, 5.41) is 4.98. The minimum absolute atomic E-state index is 0.0427. The van der Waals surface area contributed by atoms with E-state index in [-0.39, 0.29) is 17.8 Å². The molecular formula is C22H23FN4OS. The van der Waals surface area contributed by atoms with Gasteiger partial charge in [0.15, 0.2) is 0 Å². The third-order valence-corrected chi connectivity index (χ3v) is 6.09. The SMILES string of the molecule is O=C(NC[C@H](c1cccnc1)N1CCN(c2ccc(F)cc2)CC1)c1cccs1. The molecule has 1 N–H and O–H groups in total. The van der Waals surface area contributed by atoms with Crippen molar-refractivity contribution in [2.75, 3.05) is 37.6 Å². The third-order valence-electron chi connectivity index (χ3n) is 5.22. The standard InChI is InChI=1S/C22H23FN4OS/c23-18-5-7-19(8-6-18)26-10-12-27(13-11-26)20(17-3-1-9-24-15-17)16-25-22(28)21-4-2-14-29-21/h1-9,14-15,20H,10-13,16H2,(H,25,28)/t20-/m1/s1. The van der Waals surface area contributed by atoms with Crippen LogP contribution >= 0.6 is 11.3 Å². The van der Waals surface area contributed by atoms with Crippen LogP contribution in [0.5, 0.6) is 0 Å². The number of nitrogens with zero attached hydrogens (tertiary/aromatic N) is 3. The van der Waals surface area contributed by atoms with Crippen molar-refractivity contribution in [3.63, 3.8) is 0 Å². The van der Waals surface area contributed by atoms with Crippen molar-refractivity contribution in [2.24, 2.45) is 0 Å². The summed E-state index contributed by atoms with van der Waals surface area (Å²) >= 11 is 1.44. The van der Waals surface area contributed by atoms with Crippen molar-refractivity contribution >= 4 is 22.9 Å². The number of carbonyl (C=O) groups is 1. The summed E-state index contributed by atoms with van der Waals surface area (Å²) in [6.45, 7) is 3.93. The molecule has 150 valence electrons. The van der Waals surface area contributed by atoms with Gasteiger partial charge in [-0.15, -0.1) is 11.3 Å². The smallest absolute Gasteiger partial charge is 0.261 e. The van der Waals surface area contributed by atoms with Crippen molar-refractivity contribution in [1.29, 1.82) is 0 Å². The van der Waals surface area contributed by atoms with Gasteiger partial charge in [0, 0.05) is 50.8 Å². The lowest BCUT2D eigenvalue weighted by molar-refractivity contribution is 0.0934. The number of hydrogen-bond donors (Lipinski definition) is 1. The van der Waals surface area contributed by atoms with Crippen molar-refractivity contribution in [3.8, 4) is 0 Å². The van der Waals surface area contributed by atoms with Crippen molar-refractivity contribution in [2.45, 2.75) is 6.04 Å². The van der Waals surface area contributed by atoms with Crippen LogP contribution < -0.4 is 10.2 Å². The molecule has 29 heavy (non-hydrogen) atoms. The van der Waals surface area contributed by atoms with Crippen LogP contribution in [0.25, 0.3) is 0 Å². The lowest BCUT2D eigenvalue weighted by atomic mass is 10.1. The average molecular weight is 411 g/mol. The van der Waals surface area contributed by atoms with Gasteiger partial charge in [0.1, 0.15) is 5.82 Å². The second kappa shape index (κ2) is 9.15. The number of nitrogens with one attached hydrogen (secondary N) is 1. The molecule has 3 aromatic rings.